The molecule has 2 aromatic rings. The van der Waals surface area contributed by atoms with Gasteiger partial charge in [0.05, 0.1) is 11.2 Å². The van der Waals surface area contributed by atoms with Crippen molar-refractivity contribution >= 4 is 11.8 Å². The largest absolute Gasteiger partial charge is 0.468 e. The third-order valence-corrected chi connectivity index (χ3v) is 3.52. The summed E-state index contributed by atoms with van der Waals surface area (Å²) in [6.07, 6.45) is 2.33. The van der Waals surface area contributed by atoms with Crippen molar-refractivity contribution in [2.45, 2.75) is 23.1 Å². The van der Waals surface area contributed by atoms with Crippen LogP contribution < -0.4 is 5.73 Å². The third-order valence-electron chi connectivity index (χ3n) is 2.40. The summed E-state index contributed by atoms with van der Waals surface area (Å²) in [4.78, 5) is 1.88. The molecule has 0 atom stereocenters. The van der Waals surface area contributed by atoms with Crippen LogP contribution in [0.15, 0.2) is 44.7 Å². The van der Waals surface area contributed by atoms with E-state index in [1.54, 1.807) is 6.26 Å². The summed E-state index contributed by atoms with van der Waals surface area (Å²) in [5.74, 6) is 0.624. The molecular weight excluding hydrogens is 237 g/mol. The Labute approximate surface area is 104 Å². The van der Waals surface area contributed by atoms with Crippen LogP contribution >= 0.6 is 11.8 Å². The predicted molar refractivity (Wildman–Crippen MR) is 66.7 cm³/mol. The second-order valence-corrected chi connectivity index (χ2v) is 4.89. The summed E-state index contributed by atoms with van der Waals surface area (Å²) in [5.41, 5.74) is 6.40. The van der Waals surface area contributed by atoms with Gasteiger partial charge in [0, 0.05) is 4.90 Å². The number of aryl methyl sites for hydroxylation is 1. The zero-order chi connectivity index (χ0) is 12.3. The van der Waals surface area contributed by atoms with Crippen LogP contribution in [-0.2, 0) is 6.42 Å². The van der Waals surface area contributed by atoms with E-state index in [0.29, 0.717) is 13.0 Å². The molecule has 0 unspecified atom stereocenters. The lowest BCUT2D eigenvalue weighted by atomic mass is 10.1. The number of benzene rings is 1. The molecule has 17 heavy (non-hydrogen) atoms. The molecule has 0 amide bonds. The zero-order valence-corrected chi connectivity index (χ0v) is 10.4. The van der Waals surface area contributed by atoms with Crippen molar-refractivity contribution in [1.82, 2.24) is 0 Å². The molecule has 1 heterocycles. The molecule has 2 N–H and O–H groups in total. The number of rotatable bonds is 4. The normalized spacial score (nSPS) is 10.8. The van der Waals surface area contributed by atoms with Crippen LogP contribution in [0.4, 0.5) is 4.39 Å². The Balaban J connectivity index is 2.23. The summed E-state index contributed by atoms with van der Waals surface area (Å²) in [7, 11) is 0. The number of hydrogen-bond acceptors (Lipinski definition) is 3. The molecule has 2 nitrogen and oxygen atoms in total. The van der Waals surface area contributed by atoms with E-state index >= 15 is 0 Å². The van der Waals surface area contributed by atoms with Crippen LogP contribution in [0.1, 0.15) is 11.3 Å². The van der Waals surface area contributed by atoms with Crippen molar-refractivity contribution in [1.29, 1.82) is 0 Å². The fourth-order valence-corrected chi connectivity index (χ4v) is 2.55. The van der Waals surface area contributed by atoms with Crippen LogP contribution in [0.2, 0.25) is 0 Å². The molecule has 0 radical (unpaired) electrons. The summed E-state index contributed by atoms with van der Waals surface area (Å²) < 4.78 is 18.6. The maximum Gasteiger partial charge on any atom is 0.124 e. The van der Waals surface area contributed by atoms with Gasteiger partial charge in [-0.05, 0) is 49.7 Å². The molecular formula is C13H14FNOS. The first-order chi connectivity index (χ1) is 8.19. The van der Waals surface area contributed by atoms with Crippen molar-refractivity contribution < 1.29 is 8.81 Å². The summed E-state index contributed by atoms with van der Waals surface area (Å²) in [5, 5.41) is 0. The summed E-state index contributed by atoms with van der Waals surface area (Å²) >= 11 is 1.50. The first-order valence-electron chi connectivity index (χ1n) is 5.40. The van der Waals surface area contributed by atoms with Crippen molar-refractivity contribution in [2.75, 3.05) is 6.54 Å². The van der Waals surface area contributed by atoms with E-state index in [2.05, 4.69) is 0 Å². The lowest BCUT2D eigenvalue weighted by Gasteiger charge is -2.04. The van der Waals surface area contributed by atoms with Crippen molar-refractivity contribution in [2.24, 2.45) is 5.73 Å². The van der Waals surface area contributed by atoms with Crippen LogP contribution in [-0.4, -0.2) is 6.54 Å². The molecule has 2 rings (SSSR count). The molecule has 0 aliphatic heterocycles. The number of halogens is 1. The summed E-state index contributed by atoms with van der Waals surface area (Å²) in [6.45, 7) is 2.42. The number of furan rings is 1. The summed E-state index contributed by atoms with van der Waals surface area (Å²) in [6, 6.07) is 6.90. The van der Waals surface area contributed by atoms with Gasteiger partial charge in [0.25, 0.3) is 0 Å². The van der Waals surface area contributed by atoms with Gasteiger partial charge in [0.2, 0.25) is 0 Å². The monoisotopic (exact) mass is 251 g/mol. The van der Waals surface area contributed by atoms with E-state index in [0.717, 1.165) is 21.1 Å². The van der Waals surface area contributed by atoms with Gasteiger partial charge >= 0.3 is 0 Å². The number of hydrogen-bond donors (Lipinski definition) is 1. The highest BCUT2D eigenvalue weighted by Gasteiger charge is 2.06. The first kappa shape index (κ1) is 12.2. The van der Waals surface area contributed by atoms with Gasteiger partial charge in [0.15, 0.2) is 0 Å². The minimum Gasteiger partial charge on any atom is -0.468 e. The van der Waals surface area contributed by atoms with E-state index < -0.39 is 0 Å². The highest BCUT2D eigenvalue weighted by Crippen LogP contribution is 2.31. The standard InChI is InChI=1S/C13H14FNOS/c1-9-13(3-5-16-9)17-12-7-10(2-4-15)6-11(14)8-12/h3,5-8H,2,4,15H2,1H3. The lowest BCUT2D eigenvalue weighted by molar-refractivity contribution is 0.527. The molecule has 1 aromatic carbocycles. The minimum absolute atomic E-state index is 0.223. The van der Waals surface area contributed by atoms with Gasteiger partial charge in [0.1, 0.15) is 11.6 Å². The molecule has 0 spiro atoms. The van der Waals surface area contributed by atoms with Crippen molar-refractivity contribution in [3.63, 3.8) is 0 Å². The van der Waals surface area contributed by atoms with Gasteiger partial charge < -0.3 is 10.2 Å². The molecule has 0 aliphatic carbocycles. The Kier molecular flexibility index (Phi) is 3.86. The van der Waals surface area contributed by atoms with Crippen molar-refractivity contribution in [3.8, 4) is 0 Å². The predicted octanol–water partition coefficient (Wildman–Crippen LogP) is 3.38. The Hall–Kier alpha value is -1.26. The Morgan fingerprint density at radius 3 is 2.82 bits per heavy atom. The van der Waals surface area contributed by atoms with Crippen LogP contribution in [0.25, 0.3) is 0 Å². The topological polar surface area (TPSA) is 39.2 Å². The van der Waals surface area contributed by atoms with Gasteiger partial charge in [-0.15, -0.1) is 0 Å². The average molecular weight is 251 g/mol. The molecule has 4 heteroatoms. The van der Waals surface area contributed by atoms with Gasteiger partial charge in [-0.1, -0.05) is 11.8 Å². The highest BCUT2D eigenvalue weighted by molar-refractivity contribution is 7.99. The van der Waals surface area contributed by atoms with Crippen LogP contribution in [0.5, 0.6) is 0 Å². The number of nitrogens with two attached hydrogens (primary N) is 1. The smallest absolute Gasteiger partial charge is 0.124 e. The maximum atomic E-state index is 13.4. The van der Waals surface area contributed by atoms with Crippen LogP contribution in [0.3, 0.4) is 0 Å². The van der Waals surface area contributed by atoms with Crippen LogP contribution in [0, 0.1) is 12.7 Å². The van der Waals surface area contributed by atoms with E-state index in [9.17, 15) is 4.39 Å². The van der Waals surface area contributed by atoms with E-state index in [1.807, 2.05) is 19.1 Å². The maximum absolute atomic E-state index is 13.4. The third kappa shape index (κ3) is 3.11. The molecule has 0 saturated carbocycles. The van der Waals surface area contributed by atoms with E-state index in [-0.39, 0.29) is 5.82 Å². The molecule has 1 aromatic heterocycles. The molecule has 0 bridgehead atoms. The fourth-order valence-electron chi connectivity index (χ4n) is 1.60. The Morgan fingerprint density at radius 2 is 2.18 bits per heavy atom. The fraction of sp³-hybridized carbons (Fsp3) is 0.231. The van der Waals surface area contributed by atoms with E-state index in [1.165, 1.54) is 23.9 Å². The molecule has 0 fully saturated rings. The average Bonchev–Trinajstić information content (AvgIpc) is 2.64. The minimum atomic E-state index is -0.223. The molecule has 90 valence electrons. The first-order valence-corrected chi connectivity index (χ1v) is 6.22. The second kappa shape index (κ2) is 5.38. The second-order valence-electron chi connectivity index (χ2n) is 3.78. The van der Waals surface area contributed by atoms with Gasteiger partial charge in [-0.25, -0.2) is 4.39 Å². The van der Waals surface area contributed by atoms with Gasteiger partial charge in [-0.2, -0.15) is 0 Å². The molecule has 0 saturated heterocycles. The van der Waals surface area contributed by atoms with Gasteiger partial charge in [-0.3, -0.25) is 0 Å². The Morgan fingerprint density at radius 1 is 1.35 bits per heavy atom. The zero-order valence-electron chi connectivity index (χ0n) is 9.57. The Bertz CT molecular complexity index is 510. The SMILES string of the molecule is Cc1occc1Sc1cc(F)cc(CCN)c1. The highest BCUT2D eigenvalue weighted by atomic mass is 32.2. The molecule has 0 aliphatic rings. The quantitative estimate of drug-likeness (QED) is 0.905. The lowest BCUT2D eigenvalue weighted by Crippen LogP contribution is -2.02. The van der Waals surface area contributed by atoms with E-state index in [4.69, 9.17) is 10.2 Å². The van der Waals surface area contributed by atoms with Crippen molar-refractivity contribution in [3.05, 3.63) is 47.7 Å².